The Bertz CT molecular complexity index is 1490. The topological polar surface area (TPSA) is 71.1 Å². The van der Waals surface area contributed by atoms with Crippen LogP contribution in [-0.4, -0.2) is 54.6 Å². The second-order valence-corrected chi connectivity index (χ2v) is 11.4. The van der Waals surface area contributed by atoms with Gasteiger partial charge in [-0.25, -0.2) is 8.78 Å². The predicted octanol–water partition coefficient (Wildman–Crippen LogP) is 5.09. The summed E-state index contributed by atoms with van der Waals surface area (Å²) in [6.07, 6.45) is 2.71. The van der Waals surface area contributed by atoms with Crippen molar-refractivity contribution in [1.29, 1.82) is 0 Å². The molecule has 220 valence electrons. The van der Waals surface area contributed by atoms with E-state index < -0.39 is 11.4 Å². The fraction of sp³-hybridized carbons (Fsp3) is 0.394. The third-order valence-corrected chi connectivity index (χ3v) is 8.80. The number of fused-ring (bicyclic) bond motifs is 2. The molecule has 0 spiro atoms. The van der Waals surface area contributed by atoms with Gasteiger partial charge in [0.15, 0.2) is 6.79 Å². The summed E-state index contributed by atoms with van der Waals surface area (Å²) in [5.74, 6) is -0.808. The van der Waals surface area contributed by atoms with E-state index in [1.54, 1.807) is 6.07 Å². The van der Waals surface area contributed by atoms with E-state index in [9.17, 15) is 18.4 Å². The quantitative estimate of drug-likeness (QED) is 0.444. The van der Waals surface area contributed by atoms with Crippen LogP contribution in [-0.2, 0) is 28.1 Å². The van der Waals surface area contributed by atoms with Crippen molar-refractivity contribution < 1.29 is 27.8 Å². The molecule has 0 aromatic heterocycles. The van der Waals surface area contributed by atoms with E-state index in [0.717, 1.165) is 24.1 Å². The maximum Gasteiger partial charge on any atom is 0.258 e. The van der Waals surface area contributed by atoms with E-state index in [2.05, 4.69) is 22.3 Å². The van der Waals surface area contributed by atoms with Crippen LogP contribution in [0.1, 0.15) is 64.8 Å². The zero-order valence-corrected chi connectivity index (χ0v) is 23.7. The standard InChI is InChI=1S/C33H35F2N3O4/c1-22(39)36-33(25-6-4-7-26(34)18-25)11-15-37(16-12-33)13-10-30-28-8-3-2-5-23(28)9-14-38(30)32(40)29-19-27(35)17-24-20-41-21-42-31(24)29/h2-8,17-19,30H,9-16,20-21H2,1H3,(H,36,39). The van der Waals surface area contributed by atoms with Gasteiger partial charge in [-0.15, -0.1) is 0 Å². The average molecular weight is 576 g/mol. The van der Waals surface area contributed by atoms with Crippen molar-refractivity contribution in [1.82, 2.24) is 15.1 Å². The van der Waals surface area contributed by atoms with Crippen molar-refractivity contribution in [3.8, 4) is 5.75 Å². The van der Waals surface area contributed by atoms with Crippen molar-refractivity contribution in [2.75, 3.05) is 33.0 Å². The maximum absolute atomic E-state index is 14.6. The van der Waals surface area contributed by atoms with E-state index in [0.29, 0.717) is 50.2 Å². The fourth-order valence-corrected chi connectivity index (χ4v) is 6.77. The Kier molecular flexibility index (Phi) is 7.96. The van der Waals surface area contributed by atoms with Crippen LogP contribution in [0.3, 0.4) is 0 Å². The van der Waals surface area contributed by atoms with Gasteiger partial charge >= 0.3 is 0 Å². The molecule has 3 aromatic carbocycles. The minimum atomic E-state index is -0.621. The van der Waals surface area contributed by atoms with Crippen LogP contribution >= 0.6 is 0 Å². The summed E-state index contributed by atoms with van der Waals surface area (Å²) in [5, 5.41) is 3.11. The molecule has 1 N–H and O–H groups in total. The maximum atomic E-state index is 14.6. The molecule has 1 saturated heterocycles. The van der Waals surface area contributed by atoms with Crippen LogP contribution in [0.2, 0.25) is 0 Å². The van der Waals surface area contributed by atoms with Crippen LogP contribution in [0.15, 0.2) is 60.7 Å². The molecule has 1 unspecified atom stereocenters. The molecule has 3 aromatic rings. The number of hydrogen-bond acceptors (Lipinski definition) is 5. The van der Waals surface area contributed by atoms with E-state index in [1.807, 2.05) is 23.1 Å². The minimum Gasteiger partial charge on any atom is -0.466 e. The molecule has 1 fully saturated rings. The number of benzene rings is 3. The summed E-state index contributed by atoms with van der Waals surface area (Å²) < 4.78 is 39.7. The Morgan fingerprint density at radius 2 is 1.79 bits per heavy atom. The van der Waals surface area contributed by atoms with Gasteiger partial charge in [0, 0.05) is 38.7 Å². The van der Waals surface area contributed by atoms with E-state index in [4.69, 9.17) is 9.47 Å². The molecule has 0 bridgehead atoms. The Morgan fingerprint density at radius 1 is 0.976 bits per heavy atom. The molecular formula is C33H35F2N3O4. The fourth-order valence-electron chi connectivity index (χ4n) is 6.77. The third-order valence-electron chi connectivity index (χ3n) is 8.80. The minimum absolute atomic E-state index is 0.0235. The van der Waals surface area contributed by atoms with Crippen molar-refractivity contribution in [2.45, 2.75) is 50.8 Å². The first-order chi connectivity index (χ1) is 20.3. The van der Waals surface area contributed by atoms with Crippen molar-refractivity contribution in [3.05, 3.63) is 100 Å². The van der Waals surface area contributed by atoms with Crippen LogP contribution in [0.25, 0.3) is 0 Å². The Hall–Kier alpha value is -3.82. The van der Waals surface area contributed by atoms with Gasteiger partial charge in [-0.3, -0.25) is 9.59 Å². The first-order valence-electron chi connectivity index (χ1n) is 14.5. The Morgan fingerprint density at radius 3 is 2.57 bits per heavy atom. The van der Waals surface area contributed by atoms with E-state index in [1.165, 1.54) is 36.8 Å². The van der Waals surface area contributed by atoms with Gasteiger partial charge < -0.3 is 24.6 Å². The van der Waals surface area contributed by atoms with Crippen LogP contribution in [0.5, 0.6) is 5.75 Å². The molecule has 0 radical (unpaired) electrons. The SMILES string of the molecule is CC(=O)NC1(c2cccc(F)c2)CCN(CCC2c3ccccc3CCN2C(=O)c2cc(F)cc3c2OCOC3)CC1. The van der Waals surface area contributed by atoms with Crippen LogP contribution < -0.4 is 10.1 Å². The average Bonchev–Trinajstić information content (AvgIpc) is 2.99. The number of rotatable bonds is 6. The van der Waals surface area contributed by atoms with Gasteiger partial charge in [0.2, 0.25) is 5.91 Å². The summed E-state index contributed by atoms with van der Waals surface area (Å²) >= 11 is 0. The highest BCUT2D eigenvalue weighted by molar-refractivity contribution is 5.98. The molecule has 7 nitrogen and oxygen atoms in total. The van der Waals surface area contributed by atoms with Crippen molar-refractivity contribution in [3.63, 3.8) is 0 Å². The van der Waals surface area contributed by atoms with Crippen LogP contribution in [0, 0.1) is 11.6 Å². The number of carbonyl (C=O) groups excluding carboxylic acids is 2. The smallest absolute Gasteiger partial charge is 0.258 e. The lowest BCUT2D eigenvalue weighted by molar-refractivity contribution is -0.121. The van der Waals surface area contributed by atoms with Gasteiger partial charge in [0.05, 0.1) is 23.8 Å². The van der Waals surface area contributed by atoms with Crippen LogP contribution in [0.4, 0.5) is 8.78 Å². The van der Waals surface area contributed by atoms with Gasteiger partial charge in [0.25, 0.3) is 5.91 Å². The normalized spacial score (nSPS) is 19.8. The molecule has 2 amide bonds. The largest absolute Gasteiger partial charge is 0.466 e. The van der Waals surface area contributed by atoms with Crippen molar-refractivity contribution in [2.24, 2.45) is 0 Å². The third kappa shape index (κ3) is 5.63. The molecule has 6 rings (SSSR count). The van der Waals surface area contributed by atoms with Gasteiger partial charge in [0.1, 0.15) is 17.4 Å². The number of ether oxygens (including phenoxy) is 2. The van der Waals surface area contributed by atoms with Gasteiger partial charge in [-0.2, -0.15) is 0 Å². The second kappa shape index (κ2) is 11.8. The van der Waals surface area contributed by atoms with E-state index >= 15 is 0 Å². The molecule has 3 aliphatic rings. The van der Waals surface area contributed by atoms with E-state index in [-0.39, 0.29) is 42.6 Å². The number of nitrogens with zero attached hydrogens (tertiary/aromatic N) is 2. The predicted molar refractivity (Wildman–Crippen MR) is 153 cm³/mol. The van der Waals surface area contributed by atoms with Gasteiger partial charge in [-0.05, 0) is 66.6 Å². The van der Waals surface area contributed by atoms with Crippen molar-refractivity contribution >= 4 is 11.8 Å². The molecule has 0 saturated carbocycles. The zero-order valence-electron chi connectivity index (χ0n) is 23.7. The highest BCUT2D eigenvalue weighted by Crippen LogP contribution is 2.38. The first kappa shape index (κ1) is 28.3. The number of likely N-dealkylation sites (tertiary alicyclic amines) is 1. The Balaban J connectivity index is 1.21. The number of piperidine rings is 1. The summed E-state index contributed by atoms with van der Waals surface area (Å²) in [7, 11) is 0. The second-order valence-electron chi connectivity index (χ2n) is 11.4. The summed E-state index contributed by atoms with van der Waals surface area (Å²) in [4.78, 5) is 30.4. The molecular weight excluding hydrogens is 540 g/mol. The molecule has 42 heavy (non-hydrogen) atoms. The Labute approximate surface area is 244 Å². The number of amides is 2. The molecule has 1 atom stereocenters. The highest BCUT2D eigenvalue weighted by Gasteiger charge is 2.38. The lowest BCUT2D eigenvalue weighted by atomic mass is 9.80. The molecule has 3 aliphatic heterocycles. The number of hydrogen-bond donors (Lipinski definition) is 1. The summed E-state index contributed by atoms with van der Waals surface area (Å²) in [5.41, 5.74) is 3.24. The molecule has 0 aliphatic carbocycles. The number of carbonyl (C=O) groups is 2. The summed E-state index contributed by atoms with van der Waals surface area (Å²) in [6.45, 7) is 4.39. The molecule has 9 heteroatoms. The lowest BCUT2D eigenvalue weighted by Gasteiger charge is -2.44. The number of nitrogens with one attached hydrogen (secondary N) is 1. The summed E-state index contributed by atoms with van der Waals surface area (Å²) in [6, 6.07) is 17.1. The van der Waals surface area contributed by atoms with Gasteiger partial charge in [-0.1, -0.05) is 36.4 Å². The monoisotopic (exact) mass is 575 g/mol. The molecule has 3 heterocycles. The first-order valence-corrected chi connectivity index (χ1v) is 14.5. The highest BCUT2D eigenvalue weighted by atomic mass is 19.1. The zero-order chi connectivity index (χ0) is 29.3. The number of halogens is 2. The lowest BCUT2D eigenvalue weighted by Crippen LogP contribution is -2.53.